The van der Waals surface area contributed by atoms with E-state index in [2.05, 4.69) is 102 Å². The number of nitrogens with zero attached hydrogens (tertiary/aromatic N) is 4. The molecule has 0 amide bonds. The van der Waals surface area contributed by atoms with Gasteiger partial charge in [0.25, 0.3) is 0 Å². The third kappa shape index (κ3) is 4.33. The zero-order valence-corrected chi connectivity index (χ0v) is 27.9. The molecule has 0 aliphatic rings. The molecule has 11 aromatic rings. The molecule has 11 rings (SSSR count). The van der Waals surface area contributed by atoms with E-state index < -0.39 is 0 Å². The molecule has 0 aliphatic heterocycles. The average molecular weight is 665 g/mol. The van der Waals surface area contributed by atoms with E-state index in [9.17, 15) is 0 Å². The van der Waals surface area contributed by atoms with Crippen molar-refractivity contribution in [3.05, 3.63) is 170 Å². The lowest BCUT2D eigenvalue weighted by molar-refractivity contribution is 0.668. The molecule has 0 N–H and O–H groups in total. The highest BCUT2D eigenvalue weighted by molar-refractivity contribution is 6.28. The Morgan fingerprint density at radius 1 is 0.385 bits per heavy atom. The summed E-state index contributed by atoms with van der Waals surface area (Å²) in [6.45, 7) is 0. The van der Waals surface area contributed by atoms with E-state index in [4.69, 9.17) is 19.4 Å². The van der Waals surface area contributed by atoms with Gasteiger partial charge in [-0.15, -0.1) is 0 Å². The van der Waals surface area contributed by atoms with Gasteiger partial charge < -0.3 is 8.98 Å². The van der Waals surface area contributed by atoms with Crippen molar-refractivity contribution in [2.45, 2.75) is 0 Å². The molecule has 0 aliphatic carbocycles. The molecule has 5 nitrogen and oxygen atoms in total. The first-order valence-electron chi connectivity index (χ1n) is 17.5. The number of hydrogen-bond donors (Lipinski definition) is 0. The Bertz CT molecular complexity index is 3030. The SMILES string of the molecule is c1ccc(-c2nc(-c3ccccc3)nc(-c3cc(-n4c5ccc6ccccc6c5c5c6ccccc6ccc54)cc4oc5ccccc5c34)n2)cc1. The van der Waals surface area contributed by atoms with Crippen LogP contribution >= 0.6 is 0 Å². The van der Waals surface area contributed by atoms with E-state index in [1.54, 1.807) is 0 Å². The van der Waals surface area contributed by atoms with Gasteiger partial charge in [0, 0.05) is 44.3 Å². The molecule has 0 spiro atoms. The highest BCUT2D eigenvalue weighted by Crippen LogP contribution is 2.43. The van der Waals surface area contributed by atoms with Crippen LogP contribution in [-0.2, 0) is 0 Å². The molecule has 0 unspecified atom stereocenters. The number of benzene rings is 8. The Hall–Kier alpha value is -7.11. The second kappa shape index (κ2) is 11.2. The van der Waals surface area contributed by atoms with E-state index in [1.165, 1.54) is 32.3 Å². The Labute approximate surface area is 298 Å². The Morgan fingerprint density at radius 2 is 0.885 bits per heavy atom. The minimum absolute atomic E-state index is 0.586. The zero-order chi connectivity index (χ0) is 34.2. The third-order valence-corrected chi connectivity index (χ3v) is 10.2. The van der Waals surface area contributed by atoms with Gasteiger partial charge in [0.1, 0.15) is 11.2 Å². The molecule has 0 bridgehead atoms. The molecule has 0 fully saturated rings. The molecular formula is C47H28N4O. The van der Waals surface area contributed by atoms with E-state index in [0.29, 0.717) is 17.5 Å². The molecule has 3 aromatic heterocycles. The van der Waals surface area contributed by atoms with Crippen molar-refractivity contribution >= 4 is 65.3 Å². The summed E-state index contributed by atoms with van der Waals surface area (Å²) < 4.78 is 9.04. The lowest BCUT2D eigenvalue weighted by Gasteiger charge is -2.13. The van der Waals surface area contributed by atoms with Crippen LogP contribution in [0.1, 0.15) is 0 Å². The molecule has 3 heterocycles. The predicted octanol–water partition coefficient (Wildman–Crippen LogP) is 12.2. The summed E-state index contributed by atoms with van der Waals surface area (Å²) in [4.78, 5) is 15.4. The number of rotatable bonds is 4. The minimum Gasteiger partial charge on any atom is -0.456 e. The van der Waals surface area contributed by atoms with Crippen molar-refractivity contribution in [2.24, 2.45) is 0 Å². The normalized spacial score (nSPS) is 11.8. The van der Waals surface area contributed by atoms with Gasteiger partial charge in [-0.05, 0) is 45.8 Å². The predicted molar refractivity (Wildman–Crippen MR) is 213 cm³/mol. The van der Waals surface area contributed by atoms with E-state index >= 15 is 0 Å². The van der Waals surface area contributed by atoms with Crippen molar-refractivity contribution in [3.63, 3.8) is 0 Å². The quantitative estimate of drug-likeness (QED) is 0.188. The fourth-order valence-electron chi connectivity index (χ4n) is 7.90. The van der Waals surface area contributed by atoms with Gasteiger partial charge in [-0.2, -0.15) is 0 Å². The maximum absolute atomic E-state index is 6.66. The van der Waals surface area contributed by atoms with Crippen LogP contribution in [0, 0.1) is 0 Å². The summed E-state index contributed by atoms with van der Waals surface area (Å²) in [5, 5.41) is 9.32. The van der Waals surface area contributed by atoms with Crippen molar-refractivity contribution in [1.82, 2.24) is 19.5 Å². The van der Waals surface area contributed by atoms with Crippen molar-refractivity contribution in [3.8, 4) is 39.9 Å². The van der Waals surface area contributed by atoms with Gasteiger partial charge in [-0.25, -0.2) is 15.0 Å². The lowest BCUT2D eigenvalue weighted by atomic mass is 10.00. The van der Waals surface area contributed by atoms with Crippen LogP contribution in [0.15, 0.2) is 174 Å². The molecule has 242 valence electrons. The first-order valence-corrected chi connectivity index (χ1v) is 17.5. The highest BCUT2D eigenvalue weighted by atomic mass is 16.3. The van der Waals surface area contributed by atoms with Crippen LogP contribution in [0.3, 0.4) is 0 Å². The largest absolute Gasteiger partial charge is 0.456 e. The fourth-order valence-corrected chi connectivity index (χ4v) is 7.90. The molecule has 0 atom stereocenters. The van der Waals surface area contributed by atoms with Crippen LogP contribution in [0.5, 0.6) is 0 Å². The van der Waals surface area contributed by atoms with Gasteiger partial charge in [0.2, 0.25) is 0 Å². The number of para-hydroxylation sites is 1. The summed E-state index contributed by atoms with van der Waals surface area (Å²) in [5.74, 6) is 1.82. The summed E-state index contributed by atoms with van der Waals surface area (Å²) in [5.41, 5.74) is 7.53. The number of aromatic nitrogens is 4. The maximum Gasteiger partial charge on any atom is 0.164 e. The van der Waals surface area contributed by atoms with Crippen LogP contribution in [0.25, 0.3) is 105 Å². The molecule has 52 heavy (non-hydrogen) atoms. The molecular weight excluding hydrogens is 637 g/mol. The monoisotopic (exact) mass is 664 g/mol. The Morgan fingerprint density at radius 3 is 1.48 bits per heavy atom. The van der Waals surface area contributed by atoms with Crippen LogP contribution in [-0.4, -0.2) is 19.5 Å². The number of furan rings is 1. The molecule has 5 heteroatoms. The lowest BCUT2D eigenvalue weighted by Crippen LogP contribution is -2.01. The van der Waals surface area contributed by atoms with Crippen molar-refractivity contribution < 1.29 is 4.42 Å². The average Bonchev–Trinajstić information content (AvgIpc) is 3.77. The Balaban J connectivity index is 1.28. The van der Waals surface area contributed by atoms with Crippen molar-refractivity contribution in [2.75, 3.05) is 0 Å². The van der Waals surface area contributed by atoms with E-state index in [-0.39, 0.29) is 0 Å². The third-order valence-electron chi connectivity index (χ3n) is 10.2. The number of fused-ring (bicyclic) bond motifs is 10. The van der Waals surface area contributed by atoms with E-state index in [0.717, 1.165) is 55.3 Å². The first-order chi connectivity index (χ1) is 25.8. The maximum atomic E-state index is 6.66. The van der Waals surface area contributed by atoms with Crippen molar-refractivity contribution in [1.29, 1.82) is 0 Å². The van der Waals surface area contributed by atoms with Crippen LogP contribution < -0.4 is 0 Å². The fraction of sp³-hybridized carbons (Fsp3) is 0. The highest BCUT2D eigenvalue weighted by Gasteiger charge is 2.22. The second-order valence-electron chi connectivity index (χ2n) is 13.2. The van der Waals surface area contributed by atoms with Gasteiger partial charge in [-0.3, -0.25) is 0 Å². The summed E-state index contributed by atoms with van der Waals surface area (Å²) in [6, 6.07) is 59.1. The molecule has 8 aromatic carbocycles. The molecule has 0 radical (unpaired) electrons. The van der Waals surface area contributed by atoms with Crippen LogP contribution in [0.4, 0.5) is 0 Å². The Kier molecular flexibility index (Phi) is 6.18. The summed E-state index contributed by atoms with van der Waals surface area (Å²) in [7, 11) is 0. The standard InChI is InChI=1S/C47H28N4O/c1-3-15-31(16-4-1)45-48-46(32-17-5-2-6-18-32)50-47(49-45)37-27-33(28-41-42(37)36-21-11-12-22-40(36)52-41)51-38-25-23-29-13-7-9-19-34(29)43(38)44-35-20-10-8-14-30(35)24-26-39(44)51/h1-28H. The van der Waals surface area contributed by atoms with Gasteiger partial charge >= 0.3 is 0 Å². The molecule has 0 saturated carbocycles. The van der Waals surface area contributed by atoms with Crippen LogP contribution in [0.2, 0.25) is 0 Å². The van der Waals surface area contributed by atoms with E-state index in [1.807, 2.05) is 72.8 Å². The van der Waals surface area contributed by atoms with Gasteiger partial charge in [-0.1, -0.05) is 140 Å². The summed E-state index contributed by atoms with van der Waals surface area (Å²) >= 11 is 0. The molecule has 0 saturated heterocycles. The minimum atomic E-state index is 0.586. The topological polar surface area (TPSA) is 56.7 Å². The zero-order valence-electron chi connectivity index (χ0n) is 27.9. The second-order valence-corrected chi connectivity index (χ2v) is 13.2. The van der Waals surface area contributed by atoms with Gasteiger partial charge in [0.05, 0.1) is 16.7 Å². The smallest absolute Gasteiger partial charge is 0.164 e. The first kappa shape index (κ1) is 28.7. The summed E-state index contributed by atoms with van der Waals surface area (Å²) in [6.07, 6.45) is 0. The number of hydrogen-bond acceptors (Lipinski definition) is 4. The van der Waals surface area contributed by atoms with Gasteiger partial charge in [0.15, 0.2) is 17.5 Å².